The zero-order valence-corrected chi connectivity index (χ0v) is 10.1. The van der Waals surface area contributed by atoms with Crippen molar-refractivity contribution in [2.45, 2.75) is 45.7 Å². The third kappa shape index (κ3) is 2.84. The summed E-state index contributed by atoms with van der Waals surface area (Å²) in [7, 11) is 0. The van der Waals surface area contributed by atoms with E-state index >= 15 is 0 Å². The van der Waals surface area contributed by atoms with Crippen LogP contribution in [0.15, 0.2) is 0 Å². The van der Waals surface area contributed by atoms with E-state index in [9.17, 15) is 9.90 Å². The van der Waals surface area contributed by atoms with Crippen LogP contribution in [-0.4, -0.2) is 40.8 Å². The number of nitrogens with zero attached hydrogens (tertiary/aromatic N) is 1. The highest BCUT2D eigenvalue weighted by Gasteiger charge is 2.36. The maximum absolute atomic E-state index is 11.3. The van der Waals surface area contributed by atoms with Gasteiger partial charge in [-0.3, -0.25) is 4.90 Å². The van der Waals surface area contributed by atoms with E-state index in [0.29, 0.717) is 5.92 Å². The van der Waals surface area contributed by atoms with Crippen LogP contribution < -0.4 is 5.32 Å². The second kappa shape index (κ2) is 4.39. The van der Waals surface area contributed by atoms with Crippen LogP contribution in [-0.2, 0) is 0 Å². The predicted molar refractivity (Wildman–Crippen MR) is 60.1 cm³/mol. The van der Waals surface area contributed by atoms with Gasteiger partial charge in [0.1, 0.15) is 0 Å². The highest BCUT2D eigenvalue weighted by atomic mass is 16.4. The number of carbonyl (C=O) groups is 1. The molecule has 2 unspecified atom stereocenters. The van der Waals surface area contributed by atoms with Gasteiger partial charge in [0, 0.05) is 12.1 Å². The number of rotatable bonds is 1. The van der Waals surface area contributed by atoms with Gasteiger partial charge < -0.3 is 10.4 Å². The molecule has 1 heterocycles. The molecule has 0 aliphatic carbocycles. The molecule has 1 aliphatic heterocycles. The number of hydrogen-bond acceptors (Lipinski definition) is 2. The SMILES string of the molecule is CC1CCNCC1N(C(=O)O)C(C)(C)C. The van der Waals surface area contributed by atoms with Crippen molar-refractivity contribution < 1.29 is 9.90 Å². The molecule has 1 saturated heterocycles. The first-order valence-corrected chi connectivity index (χ1v) is 5.57. The molecule has 0 aromatic rings. The molecule has 0 spiro atoms. The van der Waals surface area contributed by atoms with Gasteiger partial charge in [-0.15, -0.1) is 0 Å². The number of amides is 1. The standard InChI is InChI=1S/C11H22N2O2/c1-8-5-6-12-7-9(8)13(10(14)15)11(2,3)4/h8-9,12H,5-7H2,1-4H3,(H,14,15). The fourth-order valence-corrected chi connectivity index (χ4v) is 2.25. The van der Waals surface area contributed by atoms with Gasteiger partial charge in [-0.25, -0.2) is 4.79 Å². The minimum atomic E-state index is -0.817. The predicted octanol–water partition coefficient (Wildman–Crippen LogP) is 1.76. The highest BCUT2D eigenvalue weighted by molar-refractivity contribution is 5.66. The molecule has 1 aliphatic rings. The Kier molecular flexibility index (Phi) is 3.60. The Hall–Kier alpha value is -0.770. The molecule has 4 nitrogen and oxygen atoms in total. The van der Waals surface area contributed by atoms with Gasteiger partial charge in [0.05, 0.1) is 6.04 Å². The fraction of sp³-hybridized carbons (Fsp3) is 0.909. The molecule has 1 rings (SSSR count). The number of hydrogen-bond donors (Lipinski definition) is 2. The molecular weight excluding hydrogens is 192 g/mol. The molecule has 4 heteroatoms. The van der Waals surface area contributed by atoms with E-state index in [1.165, 1.54) is 0 Å². The summed E-state index contributed by atoms with van der Waals surface area (Å²) in [5, 5.41) is 12.5. The van der Waals surface area contributed by atoms with E-state index in [1.54, 1.807) is 4.90 Å². The van der Waals surface area contributed by atoms with Crippen LogP contribution in [0.5, 0.6) is 0 Å². The van der Waals surface area contributed by atoms with E-state index in [2.05, 4.69) is 12.2 Å². The Bertz CT molecular complexity index is 235. The summed E-state index contributed by atoms with van der Waals surface area (Å²) in [5.41, 5.74) is -0.330. The van der Waals surface area contributed by atoms with Gasteiger partial charge >= 0.3 is 6.09 Å². The van der Waals surface area contributed by atoms with Crippen molar-refractivity contribution in [1.29, 1.82) is 0 Å². The Morgan fingerprint density at radius 1 is 1.47 bits per heavy atom. The molecular formula is C11H22N2O2. The van der Waals surface area contributed by atoms with Crippen molar-refractivity contribution in [2.24, 2.45) is 5.92 Å². The molecule has 1 fully saturated rings. The lowest BCUT2D eigenvalue weighted by Gasteiger charge is -2.44. The van der Waals surface area contributed by atoms with Crippen molar-refractivity contribution in [3.8, 4) is 0 Å². The summed E-state index contributed by atoms with van der Waals surface area (Å²) in [4.78, 5) is 12.9. The molecule has 0 aromatic heterocycles. The Morgan fingerprint density at radius 3 is 2.47 bits per heavy atom. The number of nitrogens with one attached hydrogen (secondary N) is 1. The zero-order chi connectivity index (χ0) is 11.6. The van der Waals surface area contributed by atoms with Gasteiger partial charge in [-0.05, 0) is 39.7 Å². The summed E-state index contributed by atoms with van der Waals surface area (Å²) in [6, 6.07) is 0.0937. The molecule has 0 bridgehead atoms. The monoisotopic (exact) mass is 214 g/mol. The first-order chi connectivity index (χ1) is 6.84. The van der Waals surface area contributed by atoms with Crippen LogP contribution in [0, 0.1) is 5.92 Å². The van der Waals surface area contributed by atoms with Crippen LogP contribution in [0.25, 0.3) is 0 Å². The quantitative estimate of drug-likeness (QED) is 0.699. The normalized spacial score (nSPS) is 27.5. The first-order valence-electron chi connectivity index (χ1n) is 5.57. The summed E-state index contributed by atoms with van der Waals surface area (Å²) < 4.78 is 0. The topological polar surface area (TPSA) is 52.6 Å². The molecule has 15 heavy (non-hydrogen) atoms. The highest BCUT2D eigenvalue weighted by Crippen LogP contribution is 2.25. The van der Waals surface area contributed by atoms with Gasteiger partial charge in [0.15, 0.2) is 0 Å². The van der Waals surface area contributed by atoms with Crippen LogP contribution in [0.3, 0.4) is 0 Å². The minimum absolute atomic E-state index is 0.0937. The van der Waals surface area contributed by atoms with Crippen molar-refractivity contribution in [2.75, 3.05) is 13.1 Å². The Balaban J connectivity index is 2.83. The largest absolute Gasteiger partial charge is 0.465 e. The maximum atomic E-state index is 11.3. The average Bonchev–Trinajstić information content (AvgIpc) is 2.05. The van der Waals surface area contributed by atoms with E-state index < -0.39 is 6.09 Å². The van der Waals surface area contributed by atoms with Crippen LogP contribution >= 0.6 is 0 Å². The third-order valence-corrected chi connectivity index (χ3v) is 3.05. The van der Waals surface area contributed by atoms with Crippen LogP contribution in [0.4, 0.5) is 4.79 Å². The molecule has 0 saturated carbocycles. The molecule has 0 radical (unpaired) electrons. The summed E-state index contributed by atoms with van der Waals surface area (Å²) >= 11 is 0. The Morgan fingerprint density at radius 2 is 2.07 bits per heavy atom. The van der Waals surface area contributed by atoms with E-state index in [0.717, 1.165) is 19.5 Å². The lowest BCUT2D eigenvalue weighted by atomic mass is 9.90. The van der Waals surface area contributed by atoms with Gasteiger partial charge in [-0.2, -0.15) is 0 Å². The molecule has 0 aromatic carbocycles. The molecule has 2 N–H and O–H groups in total. The first kappa shape index (κ1) is 12.3. The fourth-order valence-electron chi connectivity index (χ4n) is 2.25. The molecule has 1 amide bonds. The van der Waals surface area contributed by atoms with E-state index in [-0.39, 0.29) is 11.6 Å². The van der Waals surface area contributed by atoms with Crippen molar-refractivity contribution in [3.05, 3.63) is 0 Å². The maximum Gasteiger partial charge on any atom is 0.408 e. The van der Waals surface area contributed by atoms with E-state index in [1.807, 2.05) is 20.8 Å². The smallest absolute Gasteiger partial charge is 0.408 e. The van der Waals surface area contributed by atoms with Crippen molar-refractivity contribution in [1.82, 2.24) is 10.2 Å². The molecule has 2 atom stereocenters. The van der Waals surface area contributed by atoms with Crippen molar-refractivity contribution >= 4 is 6.09 Å². The third-order valence-electron chi connectivity index (χ3n) is 3.05. The second-order valence-electron chi connectivity index (χ2n) is 5.36. The number of piperidine rings is 1. The lowest BCUT2D eigenvalue weighted by molar-refractivity contribution is 0.0422. The van der Waals surface area contributed by atoms with Gasteiger partial charge in [-0.1, -0.05) is 6.92 Å². The Labute approximate surface area is 91.6 Å². The molecule has 88 valence electrons. The minimum Gasteiger partial charge on any atom is -0.465 e. The lowest BCUT2D eigenvalue weighted by Crippen LogP contribution is -2.58. The van der Waals surface area contributed by atoms with E-state index in [4.69, 9.17) is 0 Å². The van der Waals surface area contributed by atoms with Gasteiger partial charge in [0.2, 0.25) is 0 Å². The van der Waals surface area contributed by atoms with Crippen LogP contribution in [0.2, 0.25) is 0 Å². The average molecular weight is 214 g/mol. The van der Waals surface area contributed by atoms with Gasteiger partial charge in [0.25, 0.3) is 0 Å². The summed E-state index contributed by atoms with van der Waals surface area (Å²) in [6.45, 7) is 9.74. The zero-order valence-electron chi connectivity index (χ0n) is 10.1. The van der Waals surface area contributed by atoms with Crippen LogP contribution in [0.1, 0.15) is 34.1 Å². The summed E-state index contributed by atoms with van der Waals surface area (Å²) in [6.07, 6.45) is 0.230. The number of carboxylic acid groups (broad SMARTS) is 1. The second-order valence-corrected chi connectivity index (χ2v) is 5.36. The van der Waals surface area contributed by atoms with Crippen molar-refractivity contribution in [3.63, 3.8) is 0 Å². The summed E-state index contributed by atoms with van der Waals surface area (Å²) in [5.74, 6) is 0.432.